The Bertz CT molecular complexity index is 685. The Balaban J connectivity index is 1.61. The highest BCUT2D eigenvalue weighted by molar-refractivity contribution is 7.08. The van der Waals surface area contributed by atoms with Gasteiger partial charge in [-0.3, -0.25) is 0 Å². The average Bonchev–Trinajstić information content (AvgIpc) is 3.18. The fraction of sp³-hybridized carbons (Fsp3) is 0.308. The van der Waals surface area contributed by atoms with E-state index in [0.29, 0.717) is 11.7 Å². The first-order valence-corrected chi connectivity index (χ1v) is 7.19. The zero-order chi connectivity index (χ0) is 12.7. The molecule has 0 spiro atoms. The summed E-state index contributed by atoms with van der Waals surface area (Å²) >= 11 is 1.64. The third-order valence-corrected chi connectivity index (χ3v) is 4.23. The van der Waals surface area contributed by atoms with Crippen LogP contribution in [0.15, 0.2) is 33.9 Å². The van der Waals surface area contributed by atoms with Crippen molar-refractivity contribution in [2.75, 3.05) is 0 Å². The summed E-state index contributed by atoms with van der Waals surface area (Å²) in [7, 11) is 0. The van der Waals surface area contributed by atoms with Crippen LogP contribution in [0.25, 0.3) is 11.4 Å². The summed E-state index contributed by atoms with van der Waals surface area (Å²) in [6.07, 6.45) is 5.75. The summed E-state index contributed by atoms with van der Waals surface area (Å²) in [5, 5.41) is 8.13. The largest absolute Gasteiger partial charge is 0.339 e. The lowest BCUT2D eigenvalue weighted by atomic mass is 9.96. The van der Waals surface area contributed by atoms with Crippen molar-refractivity contribution in [3.8, 4) is 11.4 Å². The molecular weight excluding hydrogens is 260 g/mol. The van der Waals surface area contributed by atoms with Crippen LogP contribution in [0.4, 0.5) is 0 Å². The molecular formula is C13H12N4OS. The molecule has 0 fully saturated rings. The fourth-order valence-corrected chi connectivity index (χ4v) is 3.12. The van der Waals surface area contributed by atoms with Crippen LogP contribution in [0.2, 0.25) is 0 Å². The van der Waals surface area contributed by atoms with E-state index in [1.54, 1.807) is 11.3 Å². The molecule has 0 amide bonds. The minimum atomic E-state index is 0.309. The van der Waals surface area contributed by atoms with E-state index in [9.17, 15) is 0 Å². The molecule has 3 aromatic rings. The lowest BCUT2D eigenvalue weighted by Gasteiger charge is -2.20. The van der Waals surface area contributed by atoms with Crippen LogP contribution in [0.3, 0.4) is 0 Å². The van der Waals surface area contributed by atoms with Gasteiger partial charge in [-0.15, -0.1) is 0 Å². The summed E-state index contributed by atoms with van der Waals surface area (Å²) in [6.45, 7) is 0.968. The highest BCUT2D eigenvalue weighted by Gasteiger charge is 2.25. The molecule has 0 radical (unpaired) electrons. The Morgan fingerprint density at radius 1 is 1.42 bits per heavy atom. The molecule has 0 saturated heterocycles. The average molecular weight is 272 g/mol. The molecule has 0 unspecified atom stereocenters. The van der Waals surface area contributed by atoms with Crippen molar-refractivity contribution >= 4 is 11.3 Å². The number of hydrogen-bond donors (Lipinski definition) is 0. The van der Waals surface area contributed by atoms with Gasteiger partial charge in [-0.1, -0.05) is 5.16 Å². The Morgan fingerprint density at radius 2 is 2.42 bits per heavy atom. The van der Waals surface area contributed by atoms with Crippen LogP contribution in [-0.2, 0) is 13.0 Å². The summed E-state index contributed by atoms with van der Waals surface area (Å²) in [5.41, 5.74) is 2.27. The van der Waals surface area contributed by atoms with E-state index in [1.165, 1.54) is 5.69 Å². The molecule has 5 nitrogen and oxygen atoms in total. The Morgan fingerprint density at radius 3 is 3.32 bits per heavy atom. The SMILES string of the molecule is c1cc(-c2noc([C@@H]3CCn4cncc4C3)n2)cs1. The number of thiophene rings is 1. The first-order chi connectivity index (χ1) is 9.40. The topological polar surface area (TPSA) is 56.7 Å². The van der Waals surface area contributed by atoms with Crippen molar-refractivity contribution in [1.82, 2.24) is 19.7 Å². The van der Waals surface area contributed by atoms with Gasteiger partial charge in [0, 0.05) is 41.7 Å². The normalized spacial score (nSPS) is 18.4. The Kier molecular flexibility index (Phi) is 2.48. The van der Waals surface area contributed by atoms with Crippen molar-refractivity contribution in [1.29, 1.82) is 0 Å². The van der Waals surface area contributed by atoms with E-state index in [2.05, 4.69) is 19.7 Å². The maximum Gasteiger partial charge on any atom is 0.230 e. The molecule has 0 N–H and O–H groups in total. The van der Waals surface area contributed by atoms with E-state index in [4.69, 9.17) is 4.52 Å². The molecule has 0 aromatic carbocycles. The van der Waals surface area contributed by atoms with Gasteiger partial charge >= 0.3 is 0 Å². The predicted octanol–water partition coefficient (Wildman–Crippen LogP) is 2.72. The molecule has 4 rings (SSSR count). The molecule has 1 atom stereocenters. The Labute approximate surface area is 113 Å². The van der Waals surface area contributed by atoms with Crippen molar-refractivity contribution in [2.45, 2.75) is 25.3 Å². The van der Waals surface area contributed by atoms with Gasteiger partial charge in [-0.2, -0.15) is 16.3 Å². The van der Waals surface area contributed by atoms with Crippen LogP contribution in [0.1, 0.15) is 23.9 Å². The minimum absolute atomic E-state index is 0.309. The van der Waals surface area contributed by atoms with Crippen LogP contribution in [-0.4, -0.2) is 19.7 Å². The lowest BCUT2D eigenvalue weighted by Crippen LogP contribution is -2.17. The van der Waals surface area contributed by atoms with Crippen molar-refractivity contribution in [3.63, 3.8) is 0 Å². The molecule has 19 heavy (non-hydrogen) atoms. The van der Waals surface area contributed by atoms with Gasteiger partial charge in [-0.05, 0) is 17.9 Å². The summed E-state index contributed by atoms with van der Waals surface area (Å²) < 4.78 is 7.62. The fourth-order valence-electron chi connectivity index (χ4n) is 2.49. The summed E-state index contributed by atoms with van der Waals surface area (Å²) in [4.78, 5) is 8.71. The van der Waals surface area contributed by atoms with Crippen LogP contribution in [0.5, 0.6) is 0 Å². The van der Waals surface area contributed by atoms with Gasteiger partial charge in [-0.25, -0.2) is 4.98 Å². The molecule has 0 aliphatic carbocycles. The highest BCUT2D eigenvalue weighted by Crippen LogP contribution is 2.29. The van der Waals surface area contributed by atoms with Crippen LogP contribution < -0.4 is 0 Å². The summed E-state index contributed by atoms with van der Waals surface area (Å²) in [5.74, 6) is 1.74. The van der Waals surface area contributed by atoms with Crippen LogP contribution in [0, 0.1) is 0 Å². The van der Waals surface area contributed by atoms with Gasteiger partial charge < -0.3 is 9.09 Å². The molecule has 1 aliphatic heterocycles. The van der Waals surface area contributed by atoms with Crippen molar-refractivity contribution < 1.29 is 4.52 Å². The lowest BCUT2D eigenvalue weighted by molar-refractivity contribution is 0.325. The second-order valence-electron chi connectivity index (χ2n) is 4.74. The van der Waals surface area contributed by atoms with Gasteiger partial charge in [0.05, 0.1) is 6.33 Å². The zero-order valence-electron chi connectivity index (χ0n) is 10.2. The number of imidazole rings is 1. The number of aryl methyl sites for hydroxylation is 1. The molecule has 4 heterocycles. The first kappa shape index (κ1) is 10.9. The zero-order valence-corrected chi connectivity index (χ0v) is 11.0. The van der Waals surface area contributed by atoms with E-state index in [-0.39, 0.29) is 0 Å². The standard InChI is InChI=1S/C13H12N4OS/c1-3-17-8-14-6-11(17)5-9(1)13-15-12(16-18-13)10-2-4-19-7-10/h2,4,6-9H,1,3,5H2/t9-/m1/s1. The van der Waals surface area contributed by atoms with Crippen molar-refractivity contribution in [2.24, 2.45) is 0 Å². The number of rotatable bonds is 2. The third kappa shape index (κ3) is 1.88. The molecule has 0 bridgehead atoms. The van der Waals surface area contributed by atoms with Gasteiger partial charge in [0.2, 0.25) is 11.7 Å². The highest BCUT2D eigenvalue weighted by atomic mass is 32.1. The predicted molar refractivity (Wildman–Crippen MR) is 70.9 cm³/mol. The maximum absolute atomic E-state index is 5.43. The first-order valence-electron chi connectivity index (χ1n) is 6.25. The van der Waals surface area contributed by atoms with E-state index in [1.807, 2.05) is 29.4 Å². The summed E-state index contributed by atoms with van der Waals surface area (Å²) in [6, 6.07) is 2.01. The van der Waals surface area contributed by atoms with Crippen molar-refractivity contribution in [3.05, 3.63) is 40.9 Å². The Hall–Kier alpha value is -1.95. The molecule has 96 valence electrons. The van der Waals surface area contributed by atoms with Gasteiger partial charge in [0.25, 0.3) is 0 Å². The quantitative estimate of drug-likeness (QED) is 0.719. The van der Waals surface area contributed by atoms with E-state index in [0.717, 1.165) is 30.8 Å². The second kappa shape index (κ2) is 4.31. The monoisotopic (exact) mass is 272 g/mol. The molecule has 6 heteroatoms. The van der Waals surface area contributed by atoms with E-state index < -0.39 is 0 Å². The van der Waals surface area contributed by atoms with Crippen LogP contribution >= 0.6 is 11.3 Å². The van der Waals surface area contributed by atoms with E-state index >= 15 is 0 Å². The third-order valence-electron chi connectivity index (χ3n) is 3.54. The minimum Gasteiger partial charge on any atom is -0.339 e. The smallest absolute Gasteiger partial charge is 0.230 e. The molecule has 3 aromatic heterocycles. The van der Waals surface area contributed by atoms with Gasteiger partial charge in [0.15, 0.2) is 0 Å². The second-order valence-corrected chi connectivity index (χ2v) is 5.52. The number of fused-ring (bicyclic) bond motifs is 1. The molecule has 0 saturated carbocycles. The number of hydrogen-bond acceptors (Lipinski definition) is 5. The molecule has 1 aliphatic rings. The number of aromatic nitrogens is 4. The number of nitrogens with zero attached hydrogens (tertiary/aromatic N) is 4. The van der Waals surface area contributed by atoms with Gasteiger partial charge in [0.1, 0.15) is 0 Å². The maximum atomic E-state index is 5.43.